The van der Waals surface area contributed by atoms with Gasteiger partial charge in [0, 0.05) is 23.7 Å². The molecule has 0 radical (unpaired) electrons. The lowest BCUT2D eigenvalue weighted by molar-refractivity contribution is 0.455. The maximum absolute atomic E-state index is 9.96. The summed E-state index contributed by atoms with van der Waals surface area (Å²) >= 11 is 0. The Morgan fingerprint density at radius 3 is 2.57 bits per heavy atom. The maximum atomic E-state index is 9.96. The Bertz CT molecular complexity index is 324. The highest BCUT2D eigenvalue weighted by molar-refractivity contribution is 5.43. The molecular weight excluding hydrogens is 176 g/mol. The summed E-state index contributed by atoms with van der Waals surface area (Å²) in [5, 5.41) is 9.96. The van der Waals surface area contributed by atoms with Crippen LogP contribution in [0.3, 0.4) is 0 Å². The van der Waals surface area contributed by atoms with Gasteiger partial charge >= 0.3 is 0 Å². The molecule has 0 atom stereocenters. The summed E-state index contributed by atoms with van der Waals surface area (Å²) in [6.45, 7) is 2.39. The number of nitrogens with two attached hydrogens (primary N) is 1. The molecule has 0 bridgehead atoms. The lowest BCUT2D eigenvalue weighted by atomic mass is 10.0. The molecule has 0 spiro atoms. The van der Waals surface area contributed by atoms with Crippen LogP contribution in [0.4, 0.5) is 0 Å². The first-order valence-electron chi connectivity index (χ1n) is 5.34. The van der Waals surface area contributed by atoms with Crippen molar-refractivity contribution in [3.8, 4) is 5.75 Å². The van der Waals surface area contributed by atoms with Crippen molar-refractivity contribution in [2.75, 3.05) is 0 Å². The fourth-order valence-corrected chi connectivity index (χ4v) is 2.44. The first-order chi connectivity index (χ1) is 6.74. The second-order valence-electron chi connectivity index (χ2n) is 4.18. The molecule has 0 amide bonds. The summed E-state index contributed by atoms with van der Waals surface area (Å²) in [5.74, 6) is 0.936. The molecule has 0 aromatic carbocycles. The number of rotatable bonds is 2. The molecule has 3 heteroatoms. The van der Waals surface area contributed by atoms with E-state index >= 15 is 0 Å². The van der Waals surface area contributed by atoms with Crippen molar-refractivity contribution in [3.63, 3.8) is 0 Å². The molecule has 1 saturated carbocycles. The van der Waals surface area contributed by atoms with Gasteiger partial charge < -0.3 is 15.8 Å². The van der Waals surface area contributed by atoms with E-state index in [1.54, 1.807) is 0 Å². The molecule has 1 fully saturated rings. The molecule has 1 aromatic rings. The second-order valence-corrected chi connectivity index (χ2v) is 4.18. The number of hydrogen-bond acceptors (Lipinski definition) is 2. The van der Waals surface area contributed by atoms with Crippen LogP contribution in [0.15, 0.2) is 0 Å². The third kappa shape index (κ3) is 1.42. The first kappa shape index (κ1) is 9.59. The third-order valence-corrected chi connectivity index (χ3v) is 3.28. The predicted molar refractivity (Wildman–Crippen MR) is 56.3 cm³/mol. The average Bonchev–Trinajstić information content (AvgIpc) is 2.74. The van der Waals surface area contributed by atoms with E-state index in [4.69, 9.17) is 5.73 Å². The van der Waals surface area contributed by atoms with Crippen molar-refractivity contribution in [2.45, 2.75) is 45.1 Å². The summed E-state index contributed by atoms with van der Waals surface area (Å²) in [6.07, 6.45) is 4.94. The number of hydrogen-bond donors (Lipinski definition) is 3. The van der Waals surface area contributed by atoms with Crippen molar-refractivity contribution in [1.82, 2.24) is 4.98 Å². The van der Waals surface area contributed by atoms with Gasteiger partial charge in [-0.05, 0) is 19.8 Å². The van der Waals surface area contributed by atoms with E-state index in [0.29, 0.717) is 18.2 Å². The standard InChI is InChI=1S/C11H18N2O/c1-7-9(6-12)11(14)10(13-7)8-4-2-3-5-8/h8,13-14H,2-6,12H2,1H3. The maximum Gasteiger partial charge on any atom is 0.141 e. The van der Waals surface area contributed by atoms with Gasteiger partial charge in [-0.25, -0.2) is 0 Å². The van der Waals surface area contributed by atoms with Crippen molar-refractivity contribution < 1.29 is 5.11 Å². The predicted octanol–water partition coefficient (Wildman–Crippen LogP) is 2.15. The Hall–Kier alpha value is -0.960. The van der Waals surface area contributed by atoms with Gasteiger partial charge in [0.2, 0.25) is 0 Å². The highest BCUT2D eigenvalue weighted by Gasteiger charge is 2.23. The minimum atomic E-state index is 0.414. The van der Waals surface area contributed by atoms with Crippen molar-refractivity contribution >= 4 is 0 Å². The van der Waals surface area contributed by atoms with Crippen LogP contribution in [0.1, 0.15) is 48.6 Å². The zero-order chi connectivity index (χ0) is 10.1. The number of aromatic amines is 1. The number of H-pyrrole nitrogens is 1. The molecular formula is C11H18N2O. The van der Waals surface area contributed by atoms with Crippen molar-refractivity contribution in [2.24, 2.45) is 5.73 Å². The summed E-state index contributed by atoms with van der Waals surface area (Å²) in [5.41, 5.74) is 8.50. The van der Waals surface area contributed by atoms with E-state index in [9.17, 15) is 5.11 Å². The smallest absolute Gasteiger partial charge is 0.141 e. The van der Waals surface area contributed by atoms with E-state index in [-0.39, 0.29) is 0 Å². The monoisotopic (exact) mass is 194 g/mol. The molecule has 1 heterocycles. The lowest BCUT2D eigenvalue weighted by Crippen LogP contribution is -1.96. The van der Waals surface area contributed by atoms with Gasteiger partial charge in [0.1, 0.15) is 5.75 Å². The molecule has 14 heavy (non-hydrogen) atoms. The zero-order valence-corrected chi connectivity index (χ0v) is 8.64. The van der Waals surface area contributed by atoms with E-state index in [2.05, 4.69) is 4.98 Å². The molecule has 0 aliphatic heterocycles. The van der Waals surface area contributed by atoms with Gasteiger partial charge in [-0.1, -0.05) is 12.8 Å². The molecule has 3 nitrogen and oxygen atoms in total. The van der Waals surface area contributed by atoms with Gasteiger partial charge in [0.15, 0.2) is 0 Å². The van der Waals surface area contributed by atoms with Crippen LogP contribution in [-0.2, 0) is 6.54 Å². The Morgan fingerprint density at radius 2 is 2.07 bits per heavy atom. The number of nitrogens with one attached hydrogen (secondary N) is 1. The minimum absolute atomic E-state index is 0.414. The van der Waals surface area contributed by atoms with E-state index in [0.717, 1.165) is 17.0 Å². The fraction of sp³-hybridized carbons (Fsp3) is 0.636. The molecule has 2 rings (SSSR count). The van der Waals surface area contributed by atoms with Gasteiger partial charge in [0.25, 0.3) is 0 Å². The van der Waals surface area contributed by atoms with Gasteiger partial charge in [-0.15, -0.1) is 0 Å². The lowest BCUT2D eigenvalue weighted by Gasteiger charge is -2.07. The van der Waals surface area contributed by atoms with Gasteiger partial charge in [-0.3, -0.25) is 0 Å². The number of aromatic hydroxyl groups is 1. The Kier molecular flexibility index (Phi) is 2.50. The van der Waals surface area contributed by atoms with Crippen molar-refractivity contribution in [1.29, 1.82) is 0 Å². The van der Waals surface area contributed by atoms with E-state index < -0.39 is 0 Å². The van der Waals surface area contributed by atoms with Gasteiger partial charge in [0.05, 0.1) is 5.69 Å². The summed E-state index contributed by atoms with van der Waals surface area (Å²) in [4.78, 5) is 3.28. The fourth-order valence-electron chi connectivity index (χ4n) is 2.44. The SMILES string of the molecule is Cc1[nH]c(C2CCCC2)c(O)c1CN. The highest BCUT2D eigenvalue weighted by atomic mass is 16.3. The molecule has 4 N–H and O–H groups in total. The Balaban J connectivity index is 2.33. The summed E-state index contributed by atoms with van der Waals surface area (Å²) in [7, 11) is 0. The van der Waals surface area contributed by atoms with E-state index in [1.165, 1.54) is 25.7 Å². The minimum Gasteiger partial charge on any atom is -0.506 e. The van der Waals surface area contributed by atoms with Crippen molar-refractivity contribution in [3.05, 3.63) is 17.0 Å². The quantitative estimate of drug-likeness (QED) is 0.675. The summed E-state index contributed by atoms with van der Waals surface area (Å²) < 4.78 is 0. The first-order valence-corrected chi connectivity index (χ1v) is 5.34. The topological polar surface area (TPSA) is 62.0 Å². The van der Waals surface area contributed by atoms with Crippen LogP contribution < -0.4 is 5.73 Å². The van der Waals surface area contributed by atoms with Gasteiger partial charge in [-0.2, -0.15) is 0 Å². The summed E-state index contributed by atoms with van der Waals surface area (Å²) in [6, 6.07) is 0. The Morgan fingerprint density at radius 1 is 1.43 bits per heavy atom. The zero-order valence-electron chi connectivity index (χ0n) is 8.64. The van der Waals surface area contributed by atoms with Crippen LogP contribution in [0.5, 0.6) is 5.75 Å². The van der Waals surface area contributed by atoms with Crippen LogP contribution in [0, 0.1) is 6.92 Å². The second kappa shape index (κ2) is 3.65. The largest absolute Gasteiger partial charge is 0.506 e. The molecule has 1 aliphatic rings. The van der Waals surface area contributed by atoms with E-state index in [1.807, 2.05) is 6.92 Å². The van der Waals surface area contributed by atoms with Crippen LogP contribution >= 0.6 is 0 Å². The number of aromatic nitrogens is 1. The Labute approximate surface area is 84.3 Å². The molecule has 1 aliphatic carbocycles. The highest BCUT2D eigenvalue weighted by Crippen LogP contribution is 2.39. The third-order valence-electron chi connectivity index (χ3n) is 3.28. The van der Waals surface area contributed by atoms with Crippen LogP contribution in [0.2, 0.25) is 0 Å². The molecule has 1 aromatic heterocycles. The normalized spacial score (nSPS) is 17.9. The van der Waals surface area contributed by atoms with Crippen LogP contribution in [0.25, 0.3) is 0 Å². The molecule has 0 unspecified atom stereocenters. The molecule has 78 valence electrons. The average molecular weight is 194 g/mol. The van der Waals surface area contributed by atoms with Crippen LogP contribution in [-0.4, -0.2) is 10.1 Å². The molecule has 0 saturated heterocycles. The number of aryl methyl sites for hydroxylation is 1.